The van der Waals surface area contributed by atoms with Gasteiger partial charge in [0, 0.05) is 6.04 Å². The van der Waals surface area contributed by atoms with Crippen molar-refractivity contribution in [2.24, 2.45) is 11.8 Å². The summed E-state index contributed by atoms with van der Waals surface area (Å²) >= 11 is 0. The highest BCUT2D eigenvalue weighted by Gasteiger charge is 2.49. The van der Waals surface area contributed by atoms with Gasteiger partial charge in [0.05, 0.1) is 5.92 Å². The van der Waals surface area contributed by atoms with E-state index < -0.39 is 5.97 Å². The molecule has 1 aliphatic carbocycles. The molecule has 1 fully saturated rings. The molecule has 3 rings (SSSR count). The Morgan fingerprint density at radius 1 is 1.53 bits per heavy atom. The molecule has 0 amide bonds. The lowest BCUT2D eigenvalue weighted by Crippen LogP contribution is -2.23. The molecule has 5 heteroatoms. The fourth-order valence-corrected chi connectivity index (χ4v) is 2.83. The zero-order valence-corrected chi connectivity index (χ0v) is 10.9. The van der Waals surface area contributed by atoms with E-state index in [9.17, 15) is 4.79 Å². The number of aliphatic carboxylic acids is 1. The van der Waals surface area contributed by atoms with E-state index in [1.165, 1.54) is 6.39 Å². The maximum absolute atomic E-state index is 11.1. The Kier molecular flexibility index (Phi) is 2.78. The van der Waals surface area contributed by atoms with Gasteiger partial charge in [0.2, 0.25) is 0 Å². The van der Waals surface area contributed by atoms with Crippen molar-refractivity contribution in [2.45, 2.75) is 12.5 Å². The number of oxazole rings is 1. The lowest BCUT2D eigenvalue weighted by molar-refractivity contribution is -0.139. The van der Waals surface area contributed by atoms with Gasteiger partial charge in [0.25, 0.3) is 0 Å². The standard InChI is InChI=1S/C14H16N2O3/c1-16(2)13(9-6-10(9)14(17)18)8-3-4-11-12(5-8)19-7-15-11/h3-5,7,9-10,13H,6H2,1-2H3,(H,17,18). The van der Waals surface area contributed by atoms with Crippen molar-refractivity contribution in [3.8, 4) is 0 Å². The number of carboxylic acids is 1. The van der Waals surface area contributed by atoms with Gasteiger partial charge in [0.15, 0.2) is 12.0 Å². The number of rotatable bonds is 4. The van der Waals surface area contributed by atoms with Gasteiger partial charge in [-0.1, -0.05) is 6.07 Å². The maximum atomic E-state index is 11.1. The topological polar surface area (TPSA) is 66.6 Å². The number of carbonyl (C=O) groups is 1. The van der Waals surface area contributed by atoms with Crippen LogP contribution in [-0.4, -0.2) is 35.1 Å². The molecule has 0 saturated heterocycles. The molecule has 0 spiro atoms. The molecule has 1 N–H and O–H groups in total. The molecule has 5 nitrogen and oxygen atoms in total. The first-order chi connectivity index (χ1) is 9.08. The first kappa shape index (κ1) is 12.2. The largest absolute Gasteiger partial charge is 0.481 e. The second-order valence-electron chi connectivity index (χ2n) is 5.33. The summed E-state index contributed by atoms with van der Waals surface area (Å²) in [6, 6.07) is 6.00. The Morgan fingerprint density at radius 3 is 2.95 bits per heavy atom. The molecule has 0 aliphatic heterocycles. The van der Waals surface area contributed by atoms with Crippen LogP contribution in [0, 0.1) is 11.8 Å². The second kappa shape index (κ2) is 4.35. The molecule has 0 radical (unpaired) electrons. The maximum Gasteiger partial charge on any atom is 0.306 e. The summed E-state index contributed by atoms with van der Waals surface area (Å²) in [5, 5.41) is 9.09. The molecule has 3 unspecified atom stereocenters. The van der Waals surface area contributed by atoms with E-state index in [0.29, 0.717) is 0 Å². The lowest BCUT2D eigenvalue weighted by atomic mass is 9.99. The Labute approximate surface area is 110 Å². The van der Waals surface area contributed by atoms with Crippen molar-refractivity contribution >= 4 is 17.1 Å². The summed E-state index contributed by atoms with van der Waals surface area (Å²) in [5.41, 5.74) is 2.66. The molecule has 1 aromatic carbocycles. The van der Waals surface area contributed by atoms with Gasteiger partial charge in [-0.05, 0) is 44.1 Å². The fourth-order valence-electron chi connectivity index (χ4n) is 2.83. The first-order valence-corrected chi connectivity index (χ1v) is 6.30. The van der Waals surface area contributed by atoms with E-state index in [2.05, 4.69) is 9.88 Å². The van der Waals surface area contributed by atoms with Crippen LogP contribution in [0.4, 0.5) is 0 Å². The number of hydrogen-bond donors (Lipinski definition) is 1. The summed E-state index contributed by atoms with van der Waals surface area (Å²) in [6.45, 7) is 0. The molecule has 19 heavy (non-hydrogen) atoms. The summed E-state index contributed by atoms with van der Waals surface area (Å²) in [6.07, 6.45) is 2.17. The van der Waals surface area contributed by atoms with Crippen LogP contribution in [0.15, 0.2) is 29.0 Å². The molecule has 1 aromatic heterocycles. The minimum Gasteiger partial charge on any atom is -0.481 e. The summed E-state index contributed by atoms with van der Waals surface area (Å²) < 4.78 is 5.32. The summed E-state index contributed by atoms with van der Waals surface area (Å²) in [4.78, 5) is 17.2. The number of benzene rings is 1. The van der Waals surface area contributed by atoms with E-state index in [-0.39, 0.29) is 17.9 Å². The van der Waals surface area contributed by atoms with Crippen molar-refractivity contribution in [3.05, 3.63) is 30.2 Å². The van der Waals surface area contributed by atoms with Crippen molar-refractivity contribution in [2.75, 3.05) is 14.1 Å². The molecular formula is C14H16N2O3. The second-order valence-corrected chi connectivity index (χ2v) is 5.33. The van der Waals surface area contributed by atoms with Gasteiger partial charge in [-0.3, -0.25) is 4.79 Å². The molecule has 3 atom stereocenters. The molecule has 100 valence electrons. The van der Waals surface area contributed by atoms with Crippen LogP contribution < -0.4 is 0 Å². The number of hydrogen-bond acceptors (Lipinski definition) is 4. The molecular weight excluding hydrogens is 244 g/mol. The zero-order chi connectivity index (χ0) is 13.6. The minimum atomic E-state index is -0.697. The van der Waals surface area contributed by atoms with Crippen molar-refractivity contribution in [1.82, 2.24) is 9.88 Å². The minimum absolute atomic E-state index is 0.107. The van der Waals surface area contributed by atoms with Crippen LogP contribution in [0.2, 0.25) is 0 Å². The third-order valence-electron chi connectivity index (χ3n) is 3.82. The van der Waals surface area contributed by atoms with E-state index in [1.54, 1.807) is 0 Å². The predicted molar refractivity (Wildman–Crippen MR) is 69.7 cm³/mol. The van der Waals surface area contributed by atoms with Crippen molar-refractivity contribution in [3.63, 3.8) is 0 Å². The Bertz CT molecular complexity index is 620. The van der Waals surface area contributed by atoms with Gasteiger partial charge in [-0.2, -0.15) is 0 Å². The van der Waals surface area contributed by atoms with Gasteiger partial charge in [-0.15, -0.1) is 0 Å². The normalized spacial score (nSPS) is 23.7. The van der Waals surface area contributed by atoms with Crippen LogP contribution in [-0.2, 0) is 4.79 Å². The number of fused-ring (bicyclic) bond motifs is 1. The highest BCUT2D eigenvalue weighted by atomic mass is 16.4. The highest BCUT2D eigenvalue weighted by Crippen LogP contribution is 2.49. The van der Waals surface area contributed by atoms with Crippen LogP contribution in [0.3, 0.4) is 0 Å². The molecule has 1 saturated carbocycles. The lowest BCUT2D eigenvalue weighted by Gasteiger charge is -2.24. The van der Waals surface area contributed by atoms with Gasteiger partial charge < -0.3 is 14.4 Å². The van der Waals surface area contributed by atoms with Gasteiger partial charge >= 0.3 is 5.97 Å². The van der Waals surface area contributed by atoms with Crippen LogP contribution in [0.25, 0.3) is 11.1 Å². The number of nitrogens with zero attached hydrogens (tertiary/aromatic N) is 2. The van der Waals surface area contributed by atoms with Crippen LogP contribution in [0.5, 0.6) is 0 Å². The van der Waals surface area contributed by atoms with Crippen molar-refractivity contribution < 1.29 is 14.3 Å². The fraction of sp³-hybridized carbons (Fsp3) is 0.429. The van der Waals surface area contributed by atoms with E-state index in [1.807, 2.05) is 32.3 Å². The predicted octanol–water partition coefficient (Wildman–Crippen LogP) is 2.15. The van der Waals surface area contributed by atoms with E-state index in [0.717, 1.165) is 23.1 Å². The molecule has 0 bridgehead atoms. The SMILES string of the molecule is CN(C)C(c1ccc2ncoc2c1)C1CC1C(=O)O. The number of carboxylic acid groups (broad SMARTS) is 1. The Balaban J connectivity index is 1.93. The van der Waals surface area contributed by atoms with Gasteiger partial charge in [0.1, 0.15) is 5.52 Å². The van der Waals surface area contributed by atoms with Crippen LogP contribution >= 0.6 is 0 Å². The zero-order valence-electron chi connectivity index (χ0n) is 10.9. The summed E-state index contributed by atoms with van der Waals surface area (Å²) in [7, 11) is 3.96. The first-order valence-electron chi connectivity index (χ1n) is 6.30. The molecule has 1 heterocycles. The van der Waals surface area contributed by atoms with E-state index in [4.69, 9.17) is 9.52 Å². The van der Waals surface area contributed by atoms with E-state index >= 15 is 0 Å². The Morgan fingerprint density at radius 2 is 2.32 bits per heavy atom. The highest BCUT2D eigenvalue weighted by molar-refractivity contribution is 5.75. The third kappa shape index (κ3) is 2.10. The smallest absolute Gasteiger partial charge is 0.306 e. The summed E-state index contributed by atoms with van der Waals surface area (Å²) in [5.74, 6) is -0.747. The Hall–Kier alpha value is -1.88. The van der Waals surface area contributed by atoms with Gasteiger partial charge in [-0.25, -0.2) is 4.98 Å². The van der Waals surface area contributed by atoms with Crippen molar-refractivity contribution in [1.29, 1.82) is 0 Å². The number of aromatic nitrogens is 1. The monoisotopic (exact) mass is 260 g/mol. The van der Waals surface area contributed by atoms with Crippen LogP contribution in [0.1, 0.15) is 18.0 Å². The average Bonchev–Trinajstić information content (AvgIpc) is 2.99. The average molecular weight is 260 g/mol. The quantitative estimate of drug-likeness (QED) is 0.912. The molecule has 2 aromatic rings. The molecule has 1 aliphatic rings. The third-order valence-corrected chi connectivity index (χ3v) is 3.82.